The van der Waals surface area contributed by atoms with Crippen LogP contribution in [-0.2, 0) is 0 Å². The van der Waals surface area contributed by atoms with E-state index in [4.69, 9.17) is 5.73 Å². The Morgan fingerprint density at radius 3 is 3.29 bits per heavy atom. The van der Waals surface area contributed by atoms with E-state index in [1.54, 1.807) is 12.4 Å². The predicted molar refractivity (Wildman–Crippen MR) is 67.8 cm³/mol. The number of hydrogen-bond acceptors (Lipinski definition) is 4. The van der Waals surface area contributed by atoms with Gasteiger partial charge in [0.2, 0.25) is 0 Å². The van der Waals surface area contributed by atoms with Crippen molar-refractivity contribution in [3.05, 3.63) is 18.6 Å². The number of imidazole rings is 1. The molecular formula is C12H17N5. The third-order valence-corrected chi connectivity index (χ3v) is 3.30. The fourth-order valence-corrected chi connectivity index (χ4v) is 2.34. The molecule has 2 aromatic rings. The molecule has 2 unspecified atom stereocenters. The Kier molecular flexibility index (Phi) is 2.39. The minimum absolute atomic E-state index is 0.519. The third kappa shape index (κ3) is 1.92. The molecule has 5 nitrogen and oxygen atoms in total. The molecular weight excluding hydrogens is 214 g/mol. The van der Waals surface area contributed by atoms with Gasteiger partial charge in [-0.3, -0.25) is 0 Å². The molecule has 3 N–H and O–H groups in total. The number of anilines is 2. The van der Waals surface area contributed by atoms with Gasteiger partial charge in [-0.1, -0.05) is 13.3 Å². The maximum atomic E-state index is 5.77. The maximum Gasteiger partial charge on any atom is 0.180 e. The van der Waals surface area contributed by atoms with Crippen LogP contribution in [0.5, 0.6) is 0 Å². The SMILES string of the molecule is CCCC1CC1Nc1nc(N)cn2ccnc12. The molecule has 0 radical (unpaired) electrons. The van der Waals surface area contributed by atoms with Gasteiger partial charge in [-0.2, -0.15) is 0 Å². The first-order chi connectivity index (χ1) is 8.28. The first-order valence-corrected chi connectivity index (χ1v) is 6.13. The van der Waals surface area contributed by atoms with Crippen molar-refractivity contribution in [1.29, 1.82) is 0 Å². The molecule has 1 fully saturated rings. The van der Waals surface area contributed by atoms with Crippen molar-refractivity contribution in [2.75, 3.05) is 11.1 Å². The molecule has 1 aliphatic carbocycles. The molecule has 0 aliphatic heterocycles. The maximum absolute atomic E-state index is 5.77. The third-order valence-electron chi connectivity index (χ3n) is 3.30. The average molecular weight is 231 g/mol. The van der Waals surface area contributed by atoms with Crippen molar-refractivity contribution in [1.82, 2.24) is 14.4 Å². The summed E-state index contributed by atoms with van der Waals surface area (Å²) in [4.78, 5) is 8.63. The van der Waals surface area contributed by atoms with E-state index in [-0.39, 0.29) is 0 Å². The second kappa shape index (κ2) is 3.91. The minimum atomic E-state index is 0.519. The highest BCUT2D eigenvalue weighted by Gasteiger charge is 2.36. The lowest BCUT2D eigenvalue weighted by Crippen LogP contribution is -2.09. The van der Waals surface area contributed by atoms with Crippen LogP contribution in [-0.4, -0.2) is 20.4 Å². The number of nitrogens with two attached hydrogens (primary N) is 1. The molecule has 0 saturated heterocycles. The molecule has 2 aromatic heterocycles. The number of rotatable bonds is 4. The van der Waals surface area contributed by atoms with E-state index in [1.807, 2.05) is 10.6 Å². The highest BCUT2D eigenvalue weighted by molar-refractivity contribution is 5.65. The van der Waals surface area contributed by atoms with Crippen molar-refractivity contribution in [2.45, 2.75) is 32.2 Å². The second-order valence-corrected chi connectivity index (χ2v) is 4.71. The first-order valence-electron chi connectivity index (χ1n) is 6.13. The zero-order chi connectivity index (χ0) is 11.8. The van der Waals surface area contributed by atoms with E-state index in [9.17, 15) is 0 Å². The van der Waals surface area contributed by atoms with E-state index >= 15 is 0 Å². The zero-order valence-electron chi connectivity index (χ0n) is 9.93. The van der Waals surface area contributed by atoms with Gasteiger partial charge in [0.25, 0.3) is 0 Å². The number of nitrogens with zero attached hydrogens (tertiary/aromatic N) is 3. The lowest BCUT2D eigenvalue weighted by Gasteiger charge is -2.07. The molecule has 3 rings (SSSR count). The lowest BCUT2D eigenvalue weighted by molar-refractivity contribution is 0.692. The van der Waals surface area contributed by atoms with Crippen molar-refractivity contribution >= 4 is 17.3 Å². The van der Waals surface area contributed by atoms with Crippen molar-refractivity contribution < 1.29 is 0 Å². The Bertz CT molecular complexity index is 533. The lowest BCUT2D eigenvalue weighted by atomic mass is 10.2. The van der Waals surface area contributed by atoms with E-state index in [1.165, 1.54) is 19.3 Å². The number of hydrogen-bond donors (Lipinski definition) is 2. The summed E-state index contributed by atoms with van der Waals surface area (Å²) in [6.07, 6.45) is 9.19. The summed E-state index contributed by atoms with van der Waals surface area (Å²) in [6.45, 7) is 2.22. The van der Waals surface area contributed by atoms with Crippen LogP contribution in [0.25, 0.3) is 5.65 Å². The average Bonchev–Trinajstić information content (AvgIpc) is 2.85. The number of nitrogen functional groups attached to an aromatic ring is 1. The minimum Gasteiger partial charge on any atom is -0.382 e. The Morgan fingerprint density at radius 1 is 1.59 bits per heavy atom. The normalized spacial score (nSPS) is 22.9. The molecule has 0 bridgehead atoms. The molecule has 2 atom stereocenters. The van der Waals surface area contributed by atoms with Crippen LogP contribution in [0.1, 0.15) is 26.2 Å². The van der Waals surface area contributed by atoms with Gasteiger partial charge in [0.05, 0.1) is 6.20 Å². The van der Waals surface area contributed by atoms with E-state index in [2.05, 4.69) is 22.2 Å². The summed E-state index contributed by atoms with van der Waals surface area (Å²) >= 11 is 0. The Morgan fingerprint density at radius 2 is 2.47 bits per heavy atom. The summed E-state index contributed by atoms with van der Waals surface area (Å²) in [5.74, 6) is 2.11. The standard InChI is InChI=1S/C12H17N5/c1-2-3-8-6-9(8)15-11-12-14-4-5-17(12)7-10(13)16-11/h4-5,7-9H,2-3,6,13H2,1H3,(H,15,16). The van der Waals surface area contributed by atoms with Gasteiger partial charge < -0.3 is 15.5 Å². The molecule has 90 valence electrons. The van der Waals surface area contributed by atoms with Gasteiger partial charge >= 0.3 is 0 Å². The molecule has 0 aromatic carbocycles. The van der Waals surface area contributed by atoms with Crippen molar-refractivity contribution in [3.8, 4) is 0 Å². The molecule has 1 aliphatic rings. The van der Waals surface area contributed by atoms with Crippen LogP contribution in [0, 0.1) is 5.92 Å². The Hall–Kier alpha value is -1.78. The molecule has 2 heterocycles. The quantitative estimate of drug-likeness (QED) is 0.843. The van der Waals surface area contributed by atoms with Crippen LogP contribution in [0.3, 0.4) is 0 Å². The van der Waals surface area contributed by atoms with Crippen LogP contribution in [0.2, 0.25) is 0 Å². The van der Waals surface area contributed by atoms with Crippen LogP contribution < -0.4 is 11.1 Å². The van der Waals surface area contributed by atoms with Gasteiger partial charge in [0, 0.05) is 18.4 Å². The first kappa shape index (κ1) is 10.4. The summed E-state index contributed by atoms with van der Waals surface area (Å²) in [5, 5.41) is 3.45. The van der Waals surface area contributed by atoms with E-state index < -0.39 is 0 Å². The topological polar surface area (TPSA) is 68.2 Å². The Labute approximate surface area is 100 Å². The molecule has 1 saturated carbocycles. The van der Waals surface area contributed by atoms with Gasteiger partial charge in [0.15, 0.2) is 11.5 Å². The van der Waals surface area contributed by atoms with Crippen LogP contribution in [0.4, 0.5) is 11.6 Å². The number of fused-ring (bicyclic) bond motifs is 1. The van der Waals surface area contributed by atoms with Crippen molar-refractivity contribution in [2.24, 2.45) is 5.92 Å². The highest BCUT2D eigenvalue weighted by atomic mass is 15.1. The largest absolute Gasteiger partial charge is 0.382 e. The molecule has 17 heavy (non-hydrogen) atoms. The van der Waals surface area contributed by atoms with Crippen LogP contribution in [0.15, 0.2) is 18.6 Å². The molecule has 0 amide bonds. The highest BCUT2D eigenvalue weighted by Crippen LogP contribution is 2.37. The second-order valence-electron chi connectivity index (χ2n) is 4.71. The van der Waals surface area contributed by atoms with Gasteiger partial charge in [-0.05, 0) is 18.8 Å². The number of nitrogens with one attached hydrogen (secondary N) is 1. The number of aromatic nitrogens is 3. The molecule has 5 heteroatoms. The Balaban J connectivity index is 1.83. The fraction of sp³-hybridized carbons (Fsp3) is 0.500. The summed E-state index contributed by atoms with van der Waals surface area (Å²) in [7, 11) is 0. The summed E-state index contributed by atoms with van der Waals surface area (Å²) < 4.78 is 1.90. The van der Waals surface area contributed by atoms with Crippen molar-refractivity contribution in [3.63, 3.8) is 0 Å². The summed E-state index contributed by atoms with van der Waals surface area (Å²) in [5.41, 5.74) is 6.62. The van der Waals surface area contributed by atoms with Gasteiger partial charge in [-0.15, -0.1) is 0 Å². The smallest absolute Gasteiger partial charge is 0.180 e. The predicted octanol–water partition coefficient (Wildman–Crippen LogP) is 1.91. The zero-order valence-corrected chi connectivity index (χ0v) is 9.93. The molecule has 0 spiro atoms. The van der Waals surface area contributed by atoms with Gasteiger partial charge in [0.1, 0.15) is 5.82 Å². The van der Waals surface area contributed by atoms with E-state index in [0.717, 1.165) is 17.4 Å². The van der Waals surface area contributed by atoms with Crippen LogP contribution >= 0.6 is 0 Å². The fourth-order valence-electron chi connectivity index (χ4n) is 2.34. The monoisotopic (exact) mass is 231 g/mol. The summed E-state index contributed by atoms with van der Waals surface area (Å²) in [6, 6.07) is 0.546. The van der Waals surface area contributed by atoms with Gasteiger partial charge in [-0.25, -0.2) is 9.97 Å². The van der Waals surface area contributed by atoms with E-state index in [0.29, 0.717) is 11.9 Å².